The van der Waals surface area contributed by atoms with Crippen molar-refractivity contribution >= 4 is 11.3 Å². The standard InChI is InChI=1S/C11H18N2S/c1-10(2)7-8(10)11(3,12-4)9-13-5-6-14-9/h5-6,8,12H,7H2,1-4H3. The number of hydrogen-bond donors (Lipinski definition) is 1. The second-order valence-corrected chi connectivity index (χ2v) is 5.93. The molecular formula is C11H18N2S. The van der Waals surface area contributed by atoms with Gasteiger partial charge in [-0.2, -0.15) is 0 Å². The maximum Gasteiger partial charge on any atom is 0.113 e. The minimum Gasteiger partial charge on any atom is -0.308 e. The van der Waals surface area contributed by atoms with Gasteiger partial charge in [0.2, 0.25) is 0 Å². The summed E-state index contributed by atoms with van der Waals surface area (Å²) < 4.78 is 0. The highest BCUT2D eigenvalue weighted by Crippen LogP contribution is 2.60. The lowest BCUT2D eigenvalue weighted by molar-refractivity contribution is 0.300. The molecule has 1 aromatic rings. The average molecular weight is 210 g/mol. The number of nitrogens with one attached hydrogen (secondary N) is 1. The van der Waals surface area contributed by atoms with Crippen LogP contribution in [0.4, 0.5) is 0 Å². The monoisotopic (exact) mass is 210 g/mol. The summed E-state index contributed by atoms with van der Waals surface area (Å²) in [5.41, 5.74) is 0.543. The second kappa shape index (κ2) is 3.04. The molecule has 1 N–H and O–H groups in total. The highest BCUT2D eigenvalue weighted by molar-refractivity contribution is 7.09. The molecule has 1 aliphatic rings. The Morgan fingerprint density at radius 2 is 2.29 bits per heavy atom. The van der Waals surface area contributed by atoms with Crippen molar-refractivity contribution in [2.75, 3.05) is 7.05 Å². The third-order valence-corrected chi connectivity index (χ3v) is 4.62. The Bertz CT molecular complexity index is 318. The van der Waals surface area contributed by atoms with Crippen molar-refractivity contribution in [3.8, 4) is 0 Å². The molecule has 1 saturated carbocycles. The van der Waals surface area contributed by atoms with E-state index in [1.807, 2.05) is 13.2 Å². The van der Waals surface area contributed by atoms with E-state index in [1.165, 1.54) is 11.4 Å². The molecule has 78 valence electrons. The van der Waals surface area contributed by atoms with E-state index in [4.69, 9.17) is 0 Å². The van der Waals surface area contributed by atoms with Crippen LogP contribution in [0.2, 0.25) is 0 Å². The van der Waals surface area contributed by atoms with Crippen molar-refractivity contribution in [3.63, 3.8) is 0 Å². The predicted octanol–water partition coefficient (Wildman–Crippen LogP) is 2.62. The second-order valence-electron chi connectivity index (χ2n) is 5.03. The molecule has 2 atom stereocenters. The fourth-order valence-corrected chi connectivity index (χ4v) is 3.22. The van der Waals surface area contributed by atoms with Crippen molar-refractivity contribution in [2.45, 2.75) is 32.7 Å². The normalized spacial score (nSPS) is 28.4. The van der Waals surface area contributed by atoms with E-state index < -0.39 is 0 Å². The largest absolute Gasteiger partial charge is 0.308 e. The van der Waals surface area contributed by atoms with Gasteiger partial charge in [0.25, 0.3) is 0 Å². The van der Waals surface area contributed by atoms with Crippen LogP contribution in [0.5, 0.6) is 0 Å². The van der Waals surface area contributed by atoms with E-state index in [-0.39, 0.29) is 5.54 Å². The van der Waals surface area contributed by atoms with Gasteiger partial charge in [-0.1, -0.05) is 13.8 Å². The summed E-state index contributed by atoms with van der Waals surface area (Å²) in [6, 6.07) is 0. The summed E-state index contributed by atoms with van der Waals surface area (Å²) in [4.78, 5) is 4.44. The summed E-state index contributed by atoms with van der Waals surface area (Å²) >= 11 is 1.75. The summed E-state index contributed by atoms with van der Waals surface area (Å²) in [7, 11) is 2.04. The number of rotatable bonds is 3. The lowest BCUT2D eigenvalue weighted by atomic mass is 9.91. The molecule has 0 radical (unpaired) electrons. The maximum absolute atomic E-state index is 4.44. The highest BCUT2D eigenvalue weighted by atomic mass is 32.1. The Kier molecular flexibility index (Phi) is 2.20. The first-order valence-electron chi connectivity index (χ1n) is 5.09. The van der Waals surface area contributed by atoms with Gasteiger partial charge >= 0.3 is 0 Å². The lowest BCUT2D eigenvalue weighted by Gasteiger charge is -2.28. The molecule has 1 heterocycles. The van der Waals surface area contributed by atoms with Gasteiger partial charge in [-0.3, -0.25) is 0 Å². The molecule has 0 aliphatic heterocycles. The molecule has 0 aromatic carbocycles. The Morgan fingerprint density at radius 1 is 1.64 bits per heavy atom. The van der Waals surface area contributed by atoms with Gasteiger partial charge in [0.1, 0.15) is 5.01 Å². The van der Waals surface area contributed by atoms with Crippen LogP contribution in [0.3, 0.4) is 0 Å². The summed E-state index contributed by atoms with van der Waals surface area (Å²) in [6.07, 6.45) is 3.19. The lowest BCUT2D eigenvalue weighted by Crippen LogP contribution is -2.40. The first-order chi connectivity index (χ1) is 6.50. The first kappa shape index (κ1) is 10.1. The zero-order valence-electron chi connectivity index (χ0n) is 9.29. The van der Waals surface area contributed by atoms with Crippen LogP contribution in [0.15, 0.2) is 11.6 Å². The summed E-state index contributed by atoms with van der Waals surface area (Å²) in [6.45, 7) is 6.94. The van der Waals surface area contributed by atoms with Gasteiger partial charge in [-0.15, -0.1) is 11.3 Å². The topological polar surface area (TPSA) is 24.9 Å². The van der Waals surface area contributed by atoms with Crippen LogP contribution in [-0.2, 0) is 5.54 Å². The zero-order chi connectivity index (χ0) is 10.4. The fourth-order valence-electron chi connectivity index (χ4n) is 2.36. The van der Waals surface area contributed by atoms with Gasteiger partial charge in [0.15, 0.2) is 0 Å². The van der Waals surface area contributed by atoms with Crippen LogP contribution < -0.4 is 5.32 Å². The number of aromatic nitrogens is 1. The van der Waals surface area contributed by atoms with Crippen molar-refractivity contribution in [1.82, 2.24) is 10.3 Å². The maximum atomic E-state index is 4.44. The molecule has 0 saturated heterocycles. The van der Waals surface area contributed by atoms with Gasteiger partial charge in [0, 0.05) is 11.6 Å². The predicted molar refractivity (Wildman–Crippen MR) is 60.4 cm³/mol. The third-order valence-electron chi connectivity index (χ3n) is 3.61. The van der Waals surface area contributed by atoms with Crippen LogP contribution in [-0.4, -0.2) is 12.0 Å². The van der Waals surface area contributed by atoms with Crippen molar-refractivity contribution < 1.29 is 0 Å². The van der Waals surface area contributed by atoms with Gasteiger partial charge < -0.3 is 5.32 Å². The molecule has 1 fully saturated rings. The van der Waals surface area contributed by atoms with Crippen molar-refractivity contribution in [3.05, 3.63) is 16.6 Å². The molecule has 0 spiro atoms. The molecule has 2 nitrogen and oxygen atoms in total. The van der Waals surface area contributed by atoms with Crippen LogP contribution in [0.25, 0.3) is 0 Å². The first-order valence-corrected chi connectivity index (χ1v) is 5.97. The van der Waals surface area contributed by atoms with Gasteiger partial charge in [-0.25, -0.2) is 4.98 Å². The van der Waals surface area contributed by atoms with Crippen molar-refractivity contribution in [1.29, 1.82) is 0 Å². The quantitative estimate of drug-likeness (QED) is 0.829. The minimum atomic E-state index is 0.0671. The number of nitrogens with zero attached hydrogens (tertiary/aromatic N) is 1. The summed E-state index contributed by atoms with van der Waals surface area (Å²) in [5, 5.41) is 6.72. The van der Waals surface area contributed by atoms with Crippen LogP contribution >= 0.6 is 11.3 Å². The van der Waals surface area contributed by atoms with Crippen molar-refractivity contribution in [2.24, 2.45) is 11.3 Å². The van der Waals surface area contributed by atoms with Gasteiger partial charge in [-0.05, 0) is 31.7 Å². The molecule has 0 bridgehead atoms. The van der Waals surface area contributed by atoms with E-state index in [2.05, 4.69) is 36.5 Å². The fraction of sp³-hybridized carbons (Fsp3) is 0.727. The molecule has 1 aromatic heterocycles. The molecule has 14 heavy (non-hydrogen) atoms. The molecule has 2 rings (SSSR count). The zero-order valence-corrected chi connectivity index (χ0v) is 10.1. The smallest absolute Gasteiger partial charge is 0.113 e. The number of hydrogen-bond acceptors (Lipinski definition) is 3. The van der Waals surface area contributed by atoms with E-state index in [9.17, 15) is 0 Å². The SMILES string of the molecule is CNC(C)(c1nccs1)C1CC1(C)C. The van der Waals surface area contributed by atoms with Crippen LogP contribution in [0.1, 0.15) is 32.2 Å². The Hall–Kier alpha value is -0.410. The Balaban J connectivity index is 2.28. The Labute approximate surface area is 89.8 Å². The average Bonchev–Trinajstić information content (AvgIpc) is 2.62. The third kappa shape index (κ3) is 1.39. The minimum absolute atomic E-state index is 0.0671. The Morgan fingerprint density at radius 3 is 2.64 bits per heavy atom. The summed E-state index contributed by atoms with van der Waals surface area (Å²) in [5.74, 6) is 0.714. The van der Waals surface area contributed by atoms with Crippen LogP contribution in [0, 0.1) is 11.3 Å². The molecule has 2 unspecified atom stereocenters. The molecular weight excluding hydrogens is 192 g/mol. The highest BCUT2D eigenvalue weighted by Gasteiger charge is 2.56. The van der Waals surface area contributed by atoms with Gasteiger partial charge in [0.05, 0.1) is 5.54 Å². The van der Waals surface area contributed by atoms with E-state index in [0.29, 0.717) is 11.3 Å². The number of thiazole rings is 1. The molecule has 1 aliphatic carbocycles. The molecule has 0 amide bonds. The van der Waals surface area contributed by atoms with E-state index >= 15 is 0 Å². The molecule has 3 heteroatoms. The van der Waals surface area contributed by atoms with E-state index in [1.54, 1.807) is 11.3 Å². The van der Waals surface area contributed by atoms with E-state index in [0.717, 1.165) is 0 Å².